The summed E-state index contributed by atoms with van der Waals surface area (Å²) in [5.74, 6) is -1.45. The predicted molar refractivity (Wildman–Crippen MR) is 71.6 cm³/mol. The van der Waals surface area contributed by atoms with E-state index < -0.39 is 11.6 Å². The number of aromatic nitrogens is 1. The Morgan fingerprint density at radius 1 is 1.40 bits per heavy atom. The minimum absolute atomic E-state index is 0.268. The Balaban J connectivity index is 2.00. The summed E-state index contributed by atoms with van der Waals surface area (Å²) in [5, 5.41) is 2.56. The molecule has 0 aliphatic carbocycles. The molecule has 0 aliphatic heterocycles. The van der Waals surface area contributed by atoms with Gasteiger partial charge >= 0.3 is 5.97 Å². The van der Waals surface area contributed by atoms with Crippen LogP contribution in [-0.2, 0) is 22.4 Å². The summed E-state index contributed by atoms with van der Waals surface area (Å²) in [6.07, 6.45) is 1.08. The van der Waals surface area contributed by atoms with E-state index in [0.29, 0.717) is 18.4 Å². The Morgan fingerprint density at radius 3 is 2.90 bits per heavy atom. The maximum atomic E-state index is 13.5. The molecule has 0 N–H and O–H groups in total. The molecule has 2 aromatic rings. The first-order valence-corrected chi connectivity index (χ1v) is 6.90. The van der Waals surface area contributed by atoms with Gasteiger partial charge in [-0.1, -0.05) is 6.07 Å². The van der Waals surface area contributed by atoms with E-state index >= 15 is 0 Å². The van der Waals surface area contributed by atoms with Crippen LogP contribution in [0.2, 0.25) is 0 Å². The monoisotopic (exact) mass is 297 g/mol. The number of carbonyl (C=O) groups excluding carboxylic acids is 1. The molecule has 20 heavy (non-hydrogen) atoms. The van der Waals surface area contributed by atoms with Crippen molar-refractivity contribution in [2.45, 2.75) is 19.3 Å². The van der Waals surface area contributed by atoms with Crippen molar-refractivity contribution >= 4 is 17.3 Å². The molecular weight excluding hydrogens is 284 g/mol. The fourth-order valence-electron chi connectivity index (χ4n) is 1.71. The Hall–Kier alpha value is -1.82. The van der Waals surface area contributed by atoms with Gasteiger partial charge in [0.2, 0.25) is 0 Å². The van der Waals surface area contributed by atoms with Gasteiger partial charge in [0, 0.05) is 24.3 Å². The lowest BCUT2D eigenvalue weighted by Crippen LogP contribution is -2.02. The van der Waals surface area contributed by atoms with Gasteiger partial charge in [-0.25, -0.2) is 13.8 Å². The second-order valence-corrected chi connectivity index (χ2v) is 5.16. The molecule has 1 aromatic heterocycles. The van der Waals surface area contributed by atoms with Gasteiger partial charge in [-0.2, -0.15) is 0 Å². The Morgan fingerprint density at radius 2 is 2.20 bits per heavy atom. The normalized spacial score (nSPS) is 10.6. The van der Waals surface area contributed by atoms with Crippen LogP contribution in [0.1, 0.15) is 22.7 Å². The van der Waals surface area contributed by atoms with Gasteiger partial charge in [-0.3, -0.25) is 4.79 Å². The lowest BCUT2D eigenvalue weighted by atomic mass is 10.1. The van der Waals surface area contributed by atoms with Crippen molar-refractivity contribution in [1.82, 2.24) is 4.98 Å². The summed E-state index contributed by atoms with van der Waals surface area (Å²) in [4.78, 5) is 15.4. The van der Waals surface area contributed by atoms with Crippen molar-refractivity contribution in [2.24, 2.45) is 0 Å². The fourth-order valence-corrected chi connectivity index (χ4v) is 2.56. The molecule has 0 atom stereocenters. The molecule has 1 heterocycles. The van der Waals surface area contributed by atoms with E-state index in [1.165, 1.54) is 30.6 Å². The number of benzene rings is 1. The second-order valence-electron chi connectivity index (χ2n) is 4.22. The number of esters is 1. The number of carbonyl (C=O) groups is 1. The smallest absolute Gasteiger partial charge is 0.305 e. The first kappa shape index (κ1) is 14.6. The molecule has 0 radical (unpaired) electrons. The summed E-state index contributed by atoms with van der Waals surface area (Å²) < 4.78 is 30.9. The van der Waals surface area contributed by atoms with Crippen LogP contribution >= 0.6 is 11.3 Å². The zero-order chi connectivity index (χ0) is 14.5. The van der Waals surface area contributed by atoms with Crippen LogP contribution < -0.4 is 0 Å². The highest BCUT2D eigenvalue weighted by atomic mass is 32.1. The molecule has 0 fully saturated rings. The quantitative estimate of drug-likeness (QED) is 0.796. The maximum Gasteiger partial charge on any atom is 0.305 e. The largest absolute Gasteiger partial charge is 0.469 e. The van der Waals surface area contributed by atoms with Gasteiger partial charge in [0.25, 0.3) is 0 Å². The van der Waals surface area contributed by atoms with Crippen LogP contribution in [-0.4, -0.2) is 18.1 Å². The van der Waals surface area contributed by atoms with E-state index in [-0.39, 0.29) is 12.4 Å². The molecule has 0 aliphatic rings. The minimum Gasteiger partial charge on any atom is -0.469 e. The molecule has 3 nitrogen and oxygen atoms in total. The Kier molecular flexibility index (Phi) is 4.79. The van der Waals surface area contributed by atoms with Crippen molar-refractivity contribution in [3.8, 4) is 0 Å². The molecular formula is C14H13F2NO2S. The van der Waals surface area contributed by atoms with Crippen molar-refractivity contribution in [2.75, 3.05) is 7.11 Å². The summed E-state index contributed by atoms with van der Waals surface area (Å²) in [5.41, 5.74) is 1.18. The number of ether oxygens (including phenoxy) is 1. The van der Waals surface area contributed by atoms with Crippen molar-refractivity contribution < 1.29 is 18.3 Å². The Labute approximate surface area is 119 Å². The van der Waals surface area contributed by atoms with Crippen molar-refractivity contribution in [1.29, 1.82) is 0 Å². The molecule has 6 heteroatoms. The average molecular weight is 297 g/mol. The van der Waals surface area contributed by atoms with Gasteiger partial charge in [0.1, 0.15) is 11.6 Å². The SMILES string of the molecule is COC(=O)CCc1csc(Cc2ccc(F)cc2F)n1. The van der Waals surface area contributed by atoms with Crippen LogP contribution in [0.25, 0.3) is 0 Å². The molecule has 0 spiro atoms. The number of thiazole rings is 1. The first-order chi connectivity index (χ1) is 9.58. The highest BCUT2D eigenvalue weighted by Crippen LogP contribution is 2.18. The van der Waals surface area contributed by atoms with Crippen LogP contribution in [0.15, 0.2) is 23.6 Å². The minimum atomic E-state index is -0.593. The highest BCUT2D eigenvalue weighted by molar-refractivity contribution is 7.09. The number of methoxy groups -OCH3 is 1. The molecule has 0 saturated heterocycles. The topological polar surface area (TPSA) is 39.2 Å². The van der Waals surface area contributed by atoms with E-state index in [4.69, 9.17) is 0 Å². The van der Waals surface area contributed by atoms with Crippen LogP contribution in [0, 0.1) is 11.6 Å². The number of nitrogens with zero attached hydrogens (tertiary/aromatic N) is 1. The standard InChI is InChI=1S/C14H13F2NO2S/c1-19-14(18)5-4-11-8-20-13(17-11)6-9-2-3-10(15)7-12(9)16/h2-3,7-8H,4-6H2,1H3. The van der Waals surface area contributed by atoms with Crippen molar-refractivity contribution in [3.05, 3.63) is 51.5 Å². The van der Waals surface area contributed by atoms with Crippen LogP contribution in [0.4, 0.5) is 8.78 Å². The average Bonchev–Trinajstić information content (AvgIpc) is 2.87. The number of hydrogen-bond donors (Lipinski definition) is 0. The van der Waals surface area contributed by atoms with Crippen molar-refractivity contribution in [3.63, 3.8) is 0 Å². The van der Waals surface area contributed by atoms with Gasteiger partial charge in [-0.15, -0.1) is 11.3 Å². The van der Waals surface area contributed by atoms with E-state index in [2.05, 4.69) is 9.72 Å². The van der Waals surface area contributed by atoms with Gasteiger partial charge in [0.15, 0.2) is 0 Å². The molecule has 0 unspecified atom stereocenters. The Bertz CT molecular complexity index is 613. The van der Waals surface area contributed by atoms with E-state index in [9.17, 15) is 13.6 Å². The summed E-state index contributed by atoms with van der Waals surface area (Å²) in [7, 11) is 1.34. The molecule has 2 rings (SSSR count). The van der Waals surface area contributed by atoms with E-state index in [1.807, 2.05) is 5.38 Å². The molecule has 0 amide bonds. The summed E-state index contributed by atoms with van der Waals surface area (Å²) in [6.45, 7) is 0. The zero-order valence-electron chi connectivity index (χ0n) is 10.9. The number of hydrogen-bond acceptors (Lipinski definition) is 4. The molecule has 106 valence electrons. The molecule has 0 bridgehead atoms. The van der Waals surface area contributed by atoms with Crippen LogP contribution in [0.3, 0.4) is 0 Å². The van der Waals surface area contributed by atoms with E-state index in [0.717, 1.165) is 16.8 Å². The number of halogens is 2. The van der Waals surface area contributed by atoms with Gasteiger partial charge in [0.05, 0.1) is 24.2 Å². The second kappa shape index (κ2) is 6.56. The summed E-state index contributed by atoms with van der Waals surface area (Å²) >= 11 is 1.39. The number of rotatable bonds is 5. The third-order valence-electron chi connectivity index (χ3n) is 2.77. The molecule has 0 saturated carbocycles. The number of aryl methyl sites for hydroxylation is 1. The zero-order valence-corrected chi connectivity index (χ0v) is 11.7. The third kappa shape index (κ3) is 3.84. The lowest BCUT2D eigenvalue weighted by Gasteiger charge is -2.00. The maximum absolute atomic E-state index is 13.5. The van der Waals surface area contributed by atoms with Gasteiger partial charge < -0.3 is 4.74 Å². The molecule has 1 aromatic carbocycles. The summed E-state index contributed by atoms with van der Waals surface area (Å²) in [6, 6.07) is 3.51. The third-order valence-corrected chi connectivity index (χ3v) is 3.67. The van der Waals surface area contributed by atoms with Crippen LogP contribution in [0.5, 0.6) is 0 Å². The highest BCUT2D eigenvalue weighted by Gasteiger charge is 2.09. The fraction of sp³-hybridized carbons (Fsp3) is 0.286. The first-order valence-electron chi connectivity index (χ1n) is 6.02. The lowest BCUT2D eigenvalue weighted by molar-refractivity contribution is -0.140. The van der Waals surface area contributed by atoms with Gasteiger partial charge in [-0.05, 0) is 11.6 Å². The van der Waals surface area contributed by atoms with E-state index in [1.54, 1.807) is 0 Å². The predicted octanol–water partition coefficient (Wildman–Crippen LogP) is 3.12.